The first-order chi connectivity index (χ1) is 22.0. The van der Waals surface area contributed by atoms with Gasteiger partial charge in [-0.3, -0.25) is 4.79 Å². The first-order valence-corrected chi connectivity index (χ1v) is 15.5. The number of nitrogens with one attached hydrogen (secondary N) is 1. The van der Waals surface area contributed by atoms with Crippen LogP contribution in [0.15, 0.2) is 66.3 Å². The van der Waals surface area contributed by atoms with Gasteiger partial charge in [0.15, 0.2) is 5.01 Å². The number of nitriles is 1. The Morgan fingerprint density at radius 3 is 2.44 bits per heavy atom. The van der Waals surface area contributed by atoms with Crippen molar-refractivity contribution in [3.8, 4) is 33.9 Å². The number of nitrogens with zero attached hydrogens (tertiary/aromatic N) is 5. The fourth-order valence-electron chi connectivity index (χ4n) is 5.31. The molecule has 48 heavy (non-hydrogen) atoms. The standard InChI is InChI=1S/C34H33F2N6O3S.2ClH/c1-5-34(44,27-11-10-26(35)14-28(27)36)19-42-20-41(17-24-12-21(2)31(22(3)13-24)45-30(43)16-38-4)32(40-42)33-39-29(18-46-33)25-8-6-23(15-37)7-9-25;;/h6-14,18,20,38,44H,5,16-17,19H2,1-4H3;2*1H/q+1;;/p-1. The monoisotopic (exact) mass is 714 g/mol. The zero-order chi connectivity index (χ0) is 33.0. The Labute approximate surface area is 293 Å². The normalized spacial score (nSPS) is 12.0. The molecule has 0 radical (unpaired) electrons. The van der Waals surface area contributed by atoms with E-state index >= 15 is 0 Å². The number of carbonyl (C=O) groups excluding carboxylic acids is 1. The van der Waals surface area contributed by atoms with E-state index in [0.29, 0.717) is 34.4 Å². The predicted octanol–water partition coefficient (Wildman–Crippen LogP) is 2.62. The predicted molar refractivity (Wildman–Crippen MR) is 176 cm³/mol. The molecule has 1 atom stereocenters. The number of ether oxygens (including phenoxy) is 1. The minimum absolute atomic E-state index is 0. The molecule has 5 rings (SSSR count). The van der Waals surface area contributed by atoms with Crippen molar-refractivity contribution in [3.05, 3.63) is 106 Å². The van der Waals surface area contributed by atoms with Gasteiger partial charge in [0.05, 0.1) is 30.4 Å². The van der Waals surface area contributed by atoms with Crippen molar-refractivity contribution in [2.24, 2.45) is 0 Å². The summed E-state index contributed by atoms with van der Waals surface area (Å²) in [5, 5.41) is 30.8. The molecule has 2 N–H and O–H groups in total. The Morgan fingerprint density at radius 2 is 1.83 bits per heavy atom. The van der Waals surface area contributed by atoms with Gasteiger partial charge in [0, 0.05) is 27.7 Å². The lowest BCUT2D eigenvalue weighted by atomic mass is 9.90. The van der Waals surface area contributed by atoms with Crippen LogP contribution in [0.1, 0.15) is 41.2 Å². The maximum absolute atomic E-state index is 14.8. The minimum atomic E-state index is -1.67. The van der Waals surface area contributed by atoms with E-state index in [1.165, 1.54) is 22.1 Å². The Kier molecular flexibility index (Phi) is 12.9. The van der Waals surface area contributed by atoms with E-state index in [9.17, 15) is 18.7 Å². The number of halogens is 4. The van der Waals surface area contributed by atoms with E-state index in [0.717, 1.165) is 34.4 Å². The SMILES string of the molecule is CCC(O)(Cn1c[n+](Cc2cc(C)c(OC(=O)CNC)c(C)c2)c(-c2nc(-c3ccc(C#N)cc3)cs2)n1)c1ccc(F)cc1F.Cl.[Cl-]. The zero-order valence-electron chi connectivity index (χ0n) is 26.6. The van der Waals surface area contributed by atoms with Crippen molar-refractivity contribution in [1.29, 1.82) is 5.26 Å². The average Bonchev–Trinajstić information content (AvgIpc) is 3.66. The number of benzene rings is 3. The molecule has 0 spiro atoms. The van der Waals surface area contributed by atoms with Crippen LogP contribution in [-0.2, 0) is 23.5 Å². The highest BCUT2D eigenvalue weighted by Crippen LogP contribution is 2.31. The highest BCUT2D eigenvalue weighted by atomic mass is 35.5. The third-order valence-corrected chi connectivity index (χ3v) is 8.46. The van der Waals surface area contributed by atoms with Gasteiger partial charge in [-0.2, -0.15) is 5.26 Å². The first-order valence-electron chi connectivity index (χ1n) is 14.6. The summed E-state index contributed by atoms with van der Waals surface area (Å²) >= 11 is 1.39. The summed E-state index contributed by atoms with van der Waals surface area (Å²) in [6.07, 6.45) is 1.88. The molecule has 14 heteroatoms. The van der Waals surface area contributed by atoms with Gasteiger partial charge in [0.2, 0.25) is 6.33 Å². The maximum Gasteiger partial charge on any atom is 0.337 e. The molecule has 1 unspecified atom stereocenters. The van der Waals surface area contributed by atoms with E-state index in [-0.39, 0.29) is 55.9 Å². The average molecular weight is 716 g/mol. The summed E-state index contributed by atoms with van der Waals surface area (Å²) in [6.45, 7) is 5.82. The third-order valence-electron chi connectivity index (χ3n) is 7.62. The fraction of sp³-hybridized carbons (Fsp3) is 0.265. The molecule has 0 amide bonds. The van der Waals surface area contributed by atoms with Crippen molar-refractivity contribution >= 4 is 29.7 Å². The van der Waals surface area contributed by atoms with Crippen molar-refractivity contribution < 1.29 is 40.4 Å². The number of hydrogen-bond donors (Lipinski definition) is 2. The molecule has 0 bridgehead atoms. The molecule has 0 saturated heterocycles. The van der Waals surface area contributed by atoms with Gasteiger partial charge in [-0.1, -0.05) is 25.1 Å². The molecule has 0 fully saturated rings. The number of carbonyl (C=O) groups is 1. The maximum atomic E-state index is 14.8. The van der Waals surface area contributed by atoms with Crippen LogP contribution in [0.3, 0.4) is 0 Å². The molecule has 0 aliphatic heterocycles. The number of likely N-dealkylation sites (N-methyl/N-ethyl adjacent to an activating group) is 1. The summed E-state index contributed by atoms with van der Waals surface area (Å²) in [4.78, 5) is 17.0. The van der Waals surface area contributed by atoms with E-state index in [1.54, 1.807) is 32.4 Å². The Hall–Kier alpha value is -4.25. The number of aliphatic hydroxyl groups is 1. The largest absolute Gasteiger partial charge is 1.00 e. The lowest BCUT2D eigenvalue weighted by Gasteiger charge is -2.25. The van der Waals surface area contributed by atoms with Crippen LogP contribution in [0.4, 0.5) is 8.78 Å². The molecule has 252 valence electrons. The van der Waals surface area contributed by atoms with Crippen LogP contribution in [0, 0.1) is 36.8 Å². The van der Waals surface area contributed by atoms with Gasteiger partial charge in [0.25, 0.3) is 0 Å². The summed E-state index contributed by atoms with van der Waals surface area (Å²) in [5.41, 5.74) is 2.90. The molecule has 2 heterocycles. The quantitative estimate of drug-likeness (QED) is 0.123. The topological polar surface area (TPSA) is 117 Å². The Bertz CT molecular complexity index is 1920. The molecule has 2 aromatic heterocycles. The molecule has 0 saturated carbocycles. The third kappa shape index (κ3) is 8.42. The van der Waals surface area contributed by atoms with Gasteiger partial charge in [-0.15, -0.1) is 28.4 Å². The second-order valence-electron chi connectivity index (χ2n) is 11.1. The van der Waals surface area contributed by atoms with Crippen LogP contribution in [-0.4, -0.2) is 39.4 Å². The second kappa shape index (κ2) is 16.2. The highest BCUT2D eigenvalue weighted by Gasteiger charge is 2.35. The number of hydrogen-bond acceptors (Lipinski definition) is 8. The van der Waals surface area contributed by atoms with Gasteiger partial charge in [-0.25, -0.2) is 18.3 Å². The van der Waals surface area contributed by atoms with Gasteiger partial charge in [-0.05, 0) is 74.3 Å². The van der Waals surface area contributed by atoms with Gasteiger partial charge < -0.3 is 27.6 Å². The molecule has 0 aliphatic rings. The van der Waals surface area contributed by atoms with E-state index in [1.807, 2.05) is 48.1 Å². The van der Waals surface area contributed by atoms with E-state index < -0.39 is 17.2 Å². The van der Waals surface area contributed by atoms with E-state index in [2.05, 4.69) is 11.4 Å². The van der Waals surface area contributed by atoms with Gasteiger partial charge >= 0.3 is 11.8 Å². The van der Waals surface area contributed by atoms with Crippen LogP contribution in [0.2, 0.25) is 0 Å². The molecule has 5 aromatic rings. The Balaban J connectivity index is 0.00000312. The molecule has 9 nitrogen and oxygen atoms in total. The van der Waals surface area contributed by atoms with Crippen molar-refractivity contribution in [1.82, 2.24) is 20.1 Å². The number of aryl methyl sites for hydroxylation is 2. The number of rotatable bonds is 11. The summed E-state index contributed by atoms with van der Waals surface area (Å²) in [5.74, 6) is -0.927. The molecular weight excluding hydrogens is 681 g/mol. The van der Waals surface area contributed by atoms with Crippen LogP contribution >= 0.6 is 23.7 Å². The lowest BCUT2D eigenvalue weighted by Crippen LogP contribution is -3.00. The van der Waals surface area contributed by atoms with Gasteiger partial charge in [0.1, 0.15) is 29.5 Å². The smallest absolute Gasteiger partial charge is 0.337 e. The number of thiazole rings is 1. The lowest BCUT2D eigenvalue weighted by molar-refractivity contribution is -0.678. The van der Waals surface area contributed by atoms with Crippen molar-refractivity contribution in [2.45, 2.75) is 45.9 Å². The fourth-order valence-corrected chi connectivity index (χ4v) is 6.13. The number of aromatic nitrogens is 4. The zero-order valence-corrected chi connectivity index (χ0v) is 29.0. The van der Waals surface area contributed by atoms with Crippen LogP contribution in [0.5, 0.6) is 5.75 Å². The second-order valence-corrected chi connectivity index (χ2v) is 11.9. The summed E-state index contributed by atoms with van der Waals surface area (Å²) < 4.78 is 37.5. The minimum Gasteiger partial charge on any atom is -1.00 e. The first kappa shape index (κ1) is 38.2. The molecule has 3 aromatic carbocycles. The molecular formula is C34H34Cl2F2N6O3S. The highest BCUT2D eigenvalue weighted by molar-refractivity contribution is 7.13. The summed E-state index contributed by atoms with van der Waals surface area (Å²) in [7, 11) is 1.67. The van der Waals surface area contributed by atoms with Crippen LogP contribution < -0.4 is 27.0 Å². The summed E-state index contributed by atoms with van der Waals surface area (Å²) in [6, 6.07) is 16.2. The Morgan fingerprint density at radius 1 is 1.15 bits per heavy atom. The van der Waals surface area contributed by atoms with Crippen molar-refractivity contribution in [3.63, 3.8) is 0 Å². The molecule has 0 aliphatic carbocycles. The van der Waals surface area contributed by atoms with E-state index in [4.69, 9.17) is 20.1 Å². The van der Waals surface area contributed by atoms with Crippen molar-refractivity contribution in [2.75, 3.05) is 13.6 Å². The van der Waals surface area contributed by atoms with Crippen LogP contribution in [0.25, 0.3) is 22.1 Å². The number of esters is 1.